The predicted molar refractivity (Wildman–Crippen MR) is 120 cm³/mol. The molecule has 4 heterocycles. The Morgan fingerprint density at radius 1 is 1.21 bits per heavy atom. The number of ether oxygens (including phenoxy) is 3. The zero-order valence-corrected chi connectivity index (χ0v) is 19.8. The molecule has 34 heavy (non-hydrogen) atoms. The van der Waals surface area contributed by atoms with Crippen LogP contribution in [-0.4, -0.2) is 62.0 Å². The number of imidazole rings is 1. The van der Waals surface area contributed by atoms with Crippen LogP contribution in [0.5, 0.6) is 0 Å². The van der Waals surface area contributed by atoms with Gasteiger partial charge in [0, 0.05) is 17.9 Å². The number of amides is 1. The molecule has 2 aromatic heterocycles. The Morgan fingerprint density at radius 2 is 1.97 bits per heavy atom. The summed E-state index contributed by atoms with van der Waals surface area (Å²) in [5, 5.41) is 12.0. The number of aliphatic hydroxyl groups excluding tert-OH is 1. The van der Waals surface area contributed by atoms with E-state index in [1.165, 1.54) is 23.2 Å². The van der Waals surface area contributed by atoms with E-state index in [1.54, 1.807) is 19.4 Å². The molecule has 1 amide bonds. The maximum atomic E-state index is 13.2. The summed E-state index contributed by atoms with van der Waals surface area (Å²) in [5.41, 5.74) is 1.48. The van der Waals surface area contributed by atoms with Crippen LogP contribution in [0.4, 0.5) is 4.79 Å². The highest BCUT2D eigenvalue weighted by molar-refractivity contribution is 7.15. The fourth-order valence-corrected chi connectivity index (χ4v) is 6.01. The zero-order chi connectivity index (χ0) is 24.0. The highest BCUT2D eigenvalue weighted by atomic mass is 32.1. The summed E-state index contributed by atoms with van der Waals surface area (Å²) in [6.07, 6.45) is 5.40. The molecule has 2 fully saturated rings. The monoisotopic (exact) mass is 489 g/mol. The standard InChI is InChI=1S/C23H27N3O7S/c1-12(27)19-16-8-15(17-10-34-18-9-24-11-25(17)18)20(26(16)21(19)28)22(29)31-13(2)32-23(30)33-14-6-4-3-5-7-14/h9-14,16,19,27H,3-8H2,1-2H3/t12-,13?,16-,19-/m1/s1. The molecule has 1 saturated carbocycles. The molecular weight excluding hydrogens is 462 g/mol. The summed E-state index contributed by atoms with van der Waals surface area (Å²) >= 11 is 1.47. The molecule has 1 saturated heterocycles. The first-order valence-corrected chi connectivity index (χ1v) is 12.5. The van der Waals surface area contributed by atoms with Gasteiger partial charge in [-0.2, -0.15) is 0 Å². The highest BCUT2D eigenvalue weighted by Crippen LogP contribution is 2.47. The molecule has 0 aromatic carbocycles. The van der Waals surface area contributed by atoms with Crippen molar-refractivity contribution in [3.05, 3.63) is 29.3 Å². The van der Waals surface area contributed by atoms with Gasteiger partial charge in [-0.15, -0.1) is 11.3 Å². The topological polar surface area (TPSA) is 120 Å². The van der Waals surface area contributed by atoms with E-state index < -0.39 is 30.4 Å². The Labute approximate surface area is 200 Å². The van der Waals surface area contributed by atoms with E-state index in [-0.39, 0.29) is 23.8 Å². The average Bonchev–Trinajstić information content (AvgIpc) is 3.46. The smallest absolute Gasteiger partial charge is 0.431 e. The molecule has 182 valence electrons. The second kappa shape index (κ2) is 9.03. The van der Waals surface area contributed by atoms with Crippen molar-refractivity contribution >= 4 is 39.8 Å². The number of β-lactam (4-membered cyclic amide) rings is 1. The minimum atomic E-state index is -1.20. The van der Waals surface area contributed by atoms with Gasteiger partial charge < -0.3 is 24.2 Å². The van der Waals surface area contributed by atoms with Gasteiger partial charge in [0.1, 0.15) is 23.0 Å². The summed E-state index contributed by atoms with van der Waals surface area (Å²) < 4.78 is 17.7. The van der Waals surface area contributed by atoms with Gasteiger partial charge in [-0.3, -0.25) is 9.20 Å². The largest absolute Gasteiger partial charge is 0.511 e. The molecule has 3 aliphatic rings. The van der Waals surface area contributed by atoms with Crippen molar-refractivity contribution in [2.45, 2.75) is 76.9 Å². The van der Waals surface area contributed by atoms with Crippen LogP contribution < -0.4 is 0 Å². The number of carbonyl (C=O) groups excluding carboxylic acids is 3. The third-order valence-corrected chi connectivity index (χ3v) is 7.62. The van der Waals surface area contributed by atoms with Crippen molar-refractivity contribution in [1.29, 1.82) is 0 Å². The second-order valence-corrected chi connectivity index (χ2v) is 9.90. The van der Waals surface area contributed by atoms with E-state index >= 15 is 0 Å². The zero-order valence-electron chi connectivity index (χ0n) is 19.0. The van der Waals surface area contributed by atoms with Gasteiger partial charge in [0.2, 0.25) is 12.2 Å². The minimum absolute atomic E-state index is 0.108. The lowest BCUT2D eigenvalue weighted by Gasteiger charge is -2.44. The number of aromatic nitrogens is 2. The first-order chi connectivity index (χ1) is 16.3. The summed E-state index contributed by atoms with van der Waals surface area (Å²) in [6, 6.07) is -0.337. The molecule has 0 bridgehead atoms. The van der Waals surface area contributed by atoms with Gasteiger partial charge in [-0.1, -0.05) is 6.42 Å². The fourth-order valence-electron chi connectivity index (χ4n) is 5.14. The number of aliphatic hydroxyl groups is 1. The van der Waals surface area contributed by atoms with Crippen molar-refractivity contribution in [1.82, 2.24) is 14.3 Å². The van der Waals surface area contributed by atoms with Crippen LogP contribution in [0.15, 0.2) is 23.6 Å². The van der Waals surface area contributed by atoms with Crippen LogP contribution in [-0.2, 0) is 23.8 Å². The van der Waals surface area contributed by atoms with Crippen LogP contribution >= 0.6 is 11.3 Å². The molecule has 1 aliphatic carbocycles. The second-order valence-electron chi connectivity index (χ2n) is 9.01. The summed E-state index contributed by atoms with van der Waals surface area (Å²) in [6.45, 7) is 3.00. The molecule has 2 aliphatic heterocycles. The SMILES string of the molecule is CC(OC(=O)OC1CCCCC1)OC(=O)C1=C(c2csc3cncn23)C[C@@H]2[C@@H]([C@@H](C)O)C(=O)N12. The number of fused-ring (bicyclic) bond motifs is 2. The number of carbonyl (C=O) groups is 3. The molecule has 0 radical (unpaired) electrons. The van der Waals surface area contributed by atoms with Crippen LogP contribution in [0.25, 0.3) is 10.4 Å². The first kappa shape index (κ1) is 22.9. The Hall–Kier alpha value is -2.92. The van der Waals surface area contributed by atoms with Gasteiger partial charge in [0.15, 0.2) is 0 Å². The molecule has 11 heteroatoms. The molecule has 1 N–H and O–H groups in total. The van der Waals surface area contributed by atoms with Gasteiger partial charge in [-0.05, 0) is 39.0 Å². The Balaban J connectivity index is 1.34. The van der Waals surface area contributed by atoms with E-state index in [0.29, 0.717) is 12.0 Å². The summed E-state index contributed by atoms with van der Waals surface area (Å²) in [5.74, 6) is -1.69. The fraction of sp³-hybridized carbons (Fsp3) is 0.565. The molecule has 5 rings (SSSR count). The molecule has 4 atom stereocenters. The van der Waals surface area contributed by atoms with Crippen molar-refractivity contribution < 1.29 is 33.7 Å². The number of hydrogen-bond donors (Lipinski definition) is 1. The predicted octanol–water partition coefficient (Wildman–Crippen LogP) is 3.09. The number of thiazole rings is 1. The minimum Gasteiger partial charge on any atom is -0.431 e. The lowest BCUT2D eigenvalue weighted by atomic mass is 9.83. The number of rotatable bonds is 6. The highest BCUT2D eigenvalue weighted by Gasteiger charge is 2.57. The normalized spacial score (nSPS) is 24.6. The lowest BCUT2D eigenvalue weighted by molar-refractivity contribution is -0.173. The maximum Gasteiger partial charge on any atom is 0.511 e. The lowest BCUT2D eigenvalue weighted by Crippen LogP contribution is -2.62. The first-order valence-electron chi connectivity index (χ1n) is 11.6. The van der Waals surface area contributed by atoms with Crippen molar-refractivity contribution in [3.63, 3.8) is 0 Å². The molecule has 0 spiro atoms. The number of nitrogens with zero attached hydrogens (tertiary/aromatic N) is 3. The molecule has 10 nitrogen and oxygen atoms in total. The number of hydrogen-bond acceptors (Lipinski definition) is 9. The third-order valence-electron chi connectivity index (χ3n) is 6.74. The number of esters is 1. The van der Waals surface area contributed by atoms with Crippen LogP contribution in [0, 0.1) is 5.92 Å². The molecular formula is C23H27N3O7S. The van der Waals surface area contributed by atoms with Gasteiger partial charge in [-0.25, -0.2) is 14.6 Å². The Morgan fingerprint density at radius 3 is 2.71 bits per heavy atom. The van der Waals surface area contributed by atoms with Crippen molar-refractivity contribution in [2.24, 2.45) is 5.92 Å². The Kier molecular flexibility index (Phi) is 6.07. The van der Waals surface area contributed by atoms with Crippen molar-refractivity contribution in [3.8, 4) is 0 Å². The molecule has 2 aromatic rings. The van der Waals surface area contributed by atoms with E-state index in [4.69, 9.17) is 14.2 Å². The molecule has 1 unspecified atom stereocenters. The summed E-state index contributed by atoms with van der Waals surface area (Å²) in [4.78, 5) is 44.6. The Bertz CT molecular complexity index is 1150. The van der Waals surface area contributed by atoms with Crippen molar-refractivity contribution in [2.75, 3.05) is 0 Å². The van der Waals surface area contributed by atoms with Gasteiger partial charge >= 0.3 is 12.1 Å². The van der Waals surface area contributed by atoms with E-state index in [2.05, 4.69) is 4.98 Å². The maximum absolute atomic E-state index is 13.2. The van der Waals surface area contributed by atoms with Crippen LogP contribution in [0.2, 0.25) is 0 Å². The van der Waals surface area contributed by atoms with Gasteiger partial charge in [0.05, 0.1) is 30.0 Å². The van der Waals surface area contributed by atoms with Gasteiger partial charge in [0.25, 0.3) is 0 Å². The van der Waals surface area contributed by atoms with E-state index in [0.717, 1.165) is 42.6 Å². The average molecular weight is 490 g/mol. The van der Waals surface area contributed by atoms with E-state index in [9.17, 15) is 19.5 Å². The third kappa shape index (κ3) is 3.96. The quantitative estimate of drug-likeness (QED) is 0.373. The van der Waals surface area contributed by atoms with Crippen LogP contribution in [0.1, 0.15) is 58.1 Å². The van der Waals surface area contributed by atoms with E-state index in [1.807, 2.05) is 9.78 Å². The summed E-state index contributed by atoms with van der Waals surface area (Å²) in [7, 11) is 0. The van der Waals surface area contributed by atoms with Crippen LogP contribution in [0.3, 0.4) is 0 Å².